The number of thiophene rings is 1. The molecule has 0 bridgehead atoms. The lowest BCUT2D eigenvalue weighted by atomic mass is 10.1. The number of aromatic nitrogens is 2. The standard InChI is InChI=1S/C23H18N4O5S/c1-13-8-9-18(32-13)16-11-17(19-7-4-10-33-19)27(24-16)20(28)12-26-22(29)15-6-3-2-5-14(15)21(25-26)23(30)31/h2-10,17H,11-12H2,1H3,(H,30,31). The molecule has 4 aromatic rings. The van der Waals surface area contributed by atoms with Crippen molar-refractivity contribution >= 4 is 39.7 Å². The Bertz CT molecular complexity index is 1470. The van der Waals surface area contributed by atoms with Gasteiger partial charge in [-0.25, -0.2) is 14.5 Å². The van der Waals surface area contributed by atoms with Crippen molar-refractivity contribution in [1.29, 1.82) is 0 Å². The van der Waals surface area contributed by atoms with Gasteiger partial charge in [-0.15, -0.1) is 11.3 Å². The number of rotatable bonds is 5. The summed E-state index contributed by atoms with van der Waals surface area (Å²) in [5, 5.41) is 21.7. The van der Waals surface area contributed by atoms with Crippen LogP contribution >= 0.6 is 11.3 Å². The Kier molecular flexibility index (Phi) is 5.14. The summed E-state index contributed by atoms with van der Waals surface area (Å²) in [6, 6.07) is 13.4. The van der Waals surface area contributed by atoms with Crippen LogP contribution in [0, 0.1) is 6.92 Å². The predicted octanol–water partition coefficient (Wildman–Crippen LogP) is 3.44. The van der Waals surface area contributed by atoms with Crippen LogP contribution in [0.3, 0.4) is 0 Å². The van der Waals surface area contributed by atoms with E-state index >= 15 is 0 Å². The Balaban J connectivity index is 1.53. The average Bonchev–Trinajstić information content (AvgIpc) is 3.55. The van der Waals surface area contributed by atoms with Crippen molar-refractivity contribution in [1.82, 2.24) is 14.8 Å². The molecule has 1 unspecified atom stereocenters. The van der Waals surface area contributed by atoms with Crippen molar-refractivity contribution in [3.8, 4) is 0 Å². The summed E-state index contributed by atoms with van der Waals surface area (Å²) >= 11 is 1.50. The highest BCUT2D eigenvalue weighted by molar-refractivity contribution is 7.10. The van der Waals surface area contributed by atoms with Crippen LogP contribution in [0.5, 0.6) is 0 Å². The fourth-order valence-corrected chi connectivity index (χ4v) is 4.69. The predicted molar refractivity (Wildman–Crippen MR) is 121 cm³/mol. The fourth-order valence-electron chi connectivity index (χ4n) is 3.88. The average molecular weight is 462 g/mol. The molecule has 0 fully saturated rings. The Morgan fingerprint density at radius 1 is 1.15 bits per heavy atom. The number of aromatic carboxylic acids is 1. The summed E-state index contributed by atoms with van der Waals surface area (Å²) in [4.78, 5) is 38.9. The van der Waals surface area contributed by atoms with Gasteiger partial charge in [-0.05, 0) is 36.6 Å². The molecule has 3 aromatic heterocycles. The summed E-state index contributed by atoms with van der Waals surface area (Å²) in [5.41, 5.74) is -0.203. The van der Waals surface area contributed by atoms with Crippen LogP contribution < -0.4 is 5.56 Å². The highest BCUT2D eigenvalue weighted by Crippen LogP contribution is 2.35. The minimum Gasteiger partial charge on any atom is -0.476 e. The van der Waals surface area contributed by atoms with Gasteiger partial charge in [-0.1, -0.05) is 24.3 Å². The molecule has 33 heavy (non-hydrogen) atoms. The highest BCUT2D eigenvalue weighted by atomic mass is 32.1. The van der Waals surface area contributed by atoms with E-state index < -0.39 is 24.0 Å². The van der Waals surface area contributed by atoms with Crippen molar-refractivity contribution in [3.05, 3.63) is 86.4 Å². The molecule has 1 aromatic carbocycles. The Labute approximate surface area is 191 Å². The second-order valence-corrected chi connectivity index (χ2v) is 8.57. The molecule has 1 atom stereocenters. The Morgan fingerprint density at radius 2 is 1.94 bits per heavy atom. The maximum atomic E-state index is 13.3. The lowest BCUT2D eigenvalue weighted by Gasteiger charge is -2.21. The minimum atomic E-state index is -1.28. The summed E-state index contributed by atoms with van der Waals surface area (Å²) in [6.45, 7) is 1.39. The van der Waals surface area contributed by atoms with E-state index in [9.17, 15) is 19.5 Å². The molecule has 1 aliphatic heterocycles. The van der Waals surface area contributed by atoms with Crippen LogP contribution in [0.2, 0.25) is 0 Å². The topological polar surface area (TPSA) is 118 Å². The maximum Gasteiger partial charge on any atom is 0.357 e. The van der Waals surface area contributed by atoms with Gasteiger partial charge < -0.3 is 9.52 Å². The number of hydrogen-bond donors (Lipinski definition) is 1. The van der Waals surface area contributed by atoms with Crippen molar-refractivity contribution in [2.75, 3.05) is 0 Å². The molecule has 166 valence electrons. The van der Waals surface area contributed by atoms with E-state index in [4.69, 9.17) is 4.42 Å². The molecule has 9 nitrogen and oxygen atoms in total. The summed E-state index contributed by atoms with van der Waals surface area (Å²) in [7, 11) is 0. The summed E-state index contributed by atoms with van der Waals surface area (Å²) in [5.74, 6) is -0.441. The van der Waals surface area contributed by atoms with Gasteiger partial charge in [-0.3, -0.25) is 9.59 Å². The molecule has 0 aliphatic carbocycles. The zero-order valence-corrected chi connectivity index (χ0v) is 18.3. The number of aryl methyl sites for hydroxylation is 1. The van der Waals surface area contributed by atoms with Crippen molar-refractivity contribution in [2.45, 2.75) is 25.9 Å². The van der Waals surface area contributed by atoms with Gasteiger partial charge >= 0.3 is 5.97 Å². The van der Waals surface area contributed by atoms with E-state index in [1.807, 2.05) is 36.6 Å². The van der Waals surface area contributed by atoms with Crippen LogP contribution in [0.15, 0.2) is 68.2 Å². The maximum absolute atomic E-state index is 13.3. The number of hydrogen-bond acceptors (Lipinski definition) is 7. The van der Waals surface area contributed by atoms with E-state index in [1.165, 1.54) is 28.5 Å². The van der Waals surface area contributed by atoms with Gasteiger partial charge in [0.25, 0.3) is 11.5 Å². The summed E-state index contributed by atoms with van der Waals surface area (Å²) < 4.78 is 6.58. The first-order valence-electron chi connectivity index (χ1n) is 10.2. The van der Waals surface area contributed by atoms with Crippen LogP contribution in [0.1, 0.15) is 39.3 Å². The second-order valence-electron chi connectivity index (χ2n) is 7.59. The molecule has 0 saturated heterocycles. The van der Waals surface area contributed by atoms with Gasteiger partial charge in [0.05, 0.1) is 11.4 Å². The van der Waals surface area contributed by atoms with Gasteiger partial charge in [0.2, 0.25) is 0 Å². The Morgan fingerprint density at radius 3 is 2.61 bits per heavy atom. The fraction of sp³-hybridized carbons (Fsp3) is 0.174. The number of carbonyl (C=O) groups is 2. The molecule has 0 spiro atoms. The number of furan rings is 1. The quantitative estimate of drug-likeness (QED) is 0.485. The van der Waals surface area contributed by atoms with Gasteiger partial charge in [-0.2, -0.15) is 10.2 Å². The SMILES string of the molecule is Cc1ccc(C2=NN(C(=O)Cn3nc(C(=O)O)c4ccccc4c3=O)C(c3cccs3)C2)o1. The zero-order valence-electron chi connectivity index (χ0n) is 17.5. The number of nitrogens with zero attached hydrogens (tertiary/aromatic N) is 4. The number of carboxylic acids is 1. The number of hydrazone groups is 1. The molecule has 0 saturated carbocycles. The first-order valence-corrected chi connectivity index (χ1v) is 11.0. The molecule has 10 heteroatoms. The largest absolute Gasteiger partial charge is 0.476 e. The first kappa shape index (κ1) is 20.8. The number of benzene rings is 1. The molecule has 5 rings (SSSR count). The van der Waals surface area contributed by atoms with Crippen LogP contribution in [-0.2, 0) is 11.3 Å². The third-order valence-corrected chi connectivity index (χ3v) is 6.39. The van der Waals surface area contributed by atoms with E-state index in [1.54, 1.807) is 12.1 Å². The van der Waals surface area contributed by atoms with E-state index in [-0.39, 0.29) is 22.5 Å². The third-order valence-electron chi connectivity index (χ3n) is 5.42. The third kappa shape index (κ3) is 3.74. The smallest absolute Gasteiger partial charge is 0.357 e. The van der Waals surface area contributed by atoms with E-state index in [0.717, 1.165) is 15.3 Å². The molecule has 1 N–H and O–H groups in total. The lowest BCUT2D eigenvalue weighted by molar-refractivity contribution is -0.133. The van der Waals surface area contributed by atoms with Crippen LogP contribution in [0.4, 0.5) is 0 Å². The van der Waals surface area contributed by atoms with Crippen LogP contribution in [0.25, 0.3) is 10.8 Å². The molecule has 0 radical (unpaired) electrons. The number of carbonyl (C=O) groups excluding carboxylic acids is 1. The molecule has 4 heterocycles. The van der Waals surface area contributed by atoms with E-state index in [2.05, 4.69) is 10.2 Å². The van der Waals surface area contributed by atoms with Crippen LogP contribution in [-0.4, -0.2) is 37.5 Å². The lowest BCUT2D eigenvalue weighted by Crippen LogP contribution is -2.35. The zero-order chi connectivity index (χ0) is 23.1. The molecular formula is C23H18N4O5S. The van der Waals surface area contributed by atoms with Gasteiger partial charge in [0, 0.05) is 16.7 Å². The van der Waals surface area contributed by atoms with Gasteiger partial charge in [0.15, 0.2) is 5.69 Å². The number of fused-ring (bicyclic) bond motifs is 1. The normalized spacial score (nSPS) is 15.7. The second kappa shape index (κ2) is 8.14. The minimum absolute atomic E-state index is 0.184. The highest BCUT2D eigenvalue weighted by Gasteiger charge is 2.35. The van der Waals surface area contributed by atoms with Crippen molar-refractivity contribution in [2.24, 2.45) is 5.10 Å². The molecular weight excluding hydrogens is 444 g/mol. The monoisotopic (exact) mass is 462 g/mol. The van der Waals surface area contributed by atoms with Crippen molar-refractivity contribution in [3.63, 3.8) is 0 Å². The number of carboxylic acid groups (broad SMARTS) is 1. The number of amides is 1. The van der Waals surface area contributed by atoms with Gasteiger partial charge in [0.1, 0.15) is 23.8 Å². The van der Waals surface area contributed by atoms with E-state index in [0.29, 0.717) is 17.9 Å². The molecule has 1 aliphatic rings. The molecule has 1 amide bonds. The summed E-state index contributed by atoms with van der Waals surface area (Å²) in [6.07, 6.45) is 0.458. The Hall–Kier alpha value is -4.05. The van der Waals surface area contributed by atoms with Crippen molar-refractivity contribution < 1.29 is 19.1 Å². The first-order chi connectivity index (χ1) is 15.9.